The van der Waals surface area contributed by atoms with Gasteiger partial charge >= 0.3 is 0 Å². The molecule has 154 valence electrons. The summed E-state index contributed by atoms with van der Waals surface area (Å²) in [6.07, 6.45) is 1.84. The molecule has 3 rings (SSSR count). The van der Waals surface area contributed by atoms with Crippen molar-refractivity contribution in [3.63, 3.8) is 0 Å². The molecule has 7 nitrogen and oxygen atoms in total. The molecule has 29 heavy (non-hydrogen) atoms. The molecule has 0 aromatic heterocycles. The summed E-state index contributed by atoms with van der Waals surface area (Å²) in [5, 5.41) is 5.78. The Labute approximate surface area is 175 Å². The van der Waals surface area contributed by atoms with Gasteiger partial charge in [-0.1, -0.05) is 29.8 Å². The van der Waals surface area contributed by atoms with Crippen LogP contribution in [0, 0.1) is 0 Å². The van der Waals surface area contributed by atoms with Crippen molar-refractivity contribution in [3.05, 3.63) is 65.2 Å². The number of sulfonamides is 1. The number of benzene rings is 2. The van der Waals surface area contributed by atoms with Gasteiger partial charge in [0.25, 0.3) is 5.91 Å². The van der Waals surface area contributed by atoms with Gasteiger partial charge in [-0.05, 0) is 55.7 Å². The van der Waals surface area contributed by atoms with Crippen molar-refractivity contribution in [3.8, 4) is 0 Å². The van der Waals surface area contributed by atoms with Crippen LogP contribution in [-0.4, -0.2) is 43.8 Å². The Hall–Kier alpha value is -2.42. The fourth-order valence-corrected chi connectivity index (χ4v) is 4.79. The molecule has 2 N–H and O–H groups in total. The van der Waals surface area contributed by atoms with Gasteiger partial charge in [0.15, 0.2) is 0 Å². The molecule has 1 aliphatic rings. The van der Waals surface area contributed by atoms with Crippen LogP contribution in [0.5, 0.6) is 0 Å². The molecule has 0 saturated carbocycles. The summed E-state index contributed by atoms with van der Waals surface area (Å²) < 4.78 is 27.7. The summed E-state index contributed by atoms with van der Waals surface area (Å²) in [5.41, 5.74) is 0.404. The van der Waals surface area contributed by atoms with Crippen molar-refractivity contribution < 1.29 is 18.0 Å². The molecule has 1 saturated heterocycles. The van der Waals surface area contributed by atoms with E-state index in [0.29, 0.717) is 30.0 Å². The molecule has 0 aliphatic carbocycles. The third kappa shape index (κ3) is 5.14. The number of nitrogens with one attached hydrogen (secondary N) is 2. The molecule has 1 heterocycles. The first-order valence-corrected chi connectivity index (χ1v) is 11.1. The lowest BCUT2D eigenvalue weighted by Crippen LogP contribution is -2.52. The number of rotatable bonds is 6. The monoisotopic (exact) mass is 435 g/mol. The molecular weight excluding hydrogens is 414 g/mol. The molecule has 0 unspecified atom stereocenters. The quantitative estimate of drug-likeness (QED) is 0.681. The number of carbonyl (C=O) groups is 2. The van der Waals surface area contributed by atoms with Crippen molar-refractivity contribution in [1.29, 1.82) is 0 Å². The van der Waals surface area contributed by atoms with Gasteiger partial charge in [-0.25, -0.2) is 8.42 Å². The minimum Gasteiger partial charge on any atom is -0.355 e. The second kappa shape index (κ2) is 9.39. The van der Waals surface area contributed by atoms with Crippen LogP contribution in [0.2, 0.25) is 5.02 Å². The lowest BCUT2D eigenvalue weighted by atomic mass is 10.1. The Morgan fingerprint density at radius 1 is 1.10 bits per heavy atom. The largest absolute Gasteiger partial charge is 0.355 e. The summed E-state index contributed by atoms with van der Waals surface area (Å²) in [5.74, 6) is -0.787. The van der Waals surface area contributed by atoms with E-state index in [4.69, 9.17) is 11.6 Å². The Morgan fingerprint density at radius 2 is 1.79 bits per heavy atom. The Morgan fingerprint density at radius 3 is 2.48 bits per heavy atom. The molecule has 1 fully saturated rings. The average Bonchev–Trinajstić information content (AvgIpc) is 2.93. The second-order valence-corrected chi connectivity index (χ2v) is 9.01. The smallest absolute Gasteiger partial charge is 0.252 e. The van der Waals surface area contributed by atoms with Gasteiger partial charge in [0.1, 0.15) is 6.04 Å². The van der Waals surface area contributed by atoms with Crippen LogP contribution in [0.3, 0.4) is 0 Å². The summed E-state index contributed by atoms with van der Waals surface area (Å²) in [6.45, 7) is 0.178. The number of halogens is 1. The zero-order valence-electron chi connectivity index (χ0n) is 15.7. The highest BCUT2D eigenvalue weighted by atomic mass is 35.5. The van der Waals surface area contributed by atoms with Gasteiger partial charge < -0.3 is 10.6 Å². The van der Waals surface area contributed by atoms with Gasteiger partial charge in [-0.3, -0.25) is 9.59 Å². The van der Waals surface area contributed by atoms with E-state index in [-0.39, 0.29) is 17.5 Å². The highest BCUT2D eigenvalue weighted by Gasteiger charge is 2.36. The summed E-state index contributed by atoms with van der Waals surface area (Å²) in [4.78, 5) is 25.0. The zero-order chi connectivity index (χ0) is 20.9. The second-order valence-electron chi connectivity index (χ2n) is 6.68. The standard InChI is InChI=1S/C20H22ClN3O4S/c21-16-9-11-17(12-10-16)29(27,28)24(18-8-4-5-13-22-20(18)26)14-23-19(25)15-6-2-1-3-7-15/h1-3,6-7,9-12,18H,4-5,8,13-14H2,(H,22,26)(H,23,25)/t18-/m1/s1. The topological polar surface area (TPSA) is 95.6 Å². The van der Waals surface area contributed by atoms with E-state index in [1.54, 1.807) is 30.3 Å². The SMILES string of the molecule is O=C(NCN([C@@H]1CCCCNC1=O)S(=O)(=O)c1ccc(Cl)cc1)c1ccccc1. The third-order valence-corrected chi connectivity index (χ3v) is 6.83. The Kier molecular flexibility index (Phi) is 6.89. The third-order valence-electron chi connectivity index (χ3n) is 4.71. The van der Waals surface area contributed by atoms with Crippen LogP contribution in [0.1, 0.15) is 29.6 Å². The molecule has 0 bridgehead atoms. The van der Waals surface area contributed by atoms with Crippen LogP contribution in [0.15, 0.2) is 59.5 Å². The first kappa shape index (κ1) is 21.3. The zero-order valence-corrected chi connectivity index (χ0v) is 17.2. The number of hydrogen-bond donors (Lipinski definition) is 2. The molecule has 9 heteroatoms. The fraction of sp³-hybridized carbons (Fsp3) is 0.300. The van der Waals surface area contributed by atoms with Crippen LogP contribution >= 0.6 is 11.6 Å². The molecule has 2 aromatic carbocycles. The average molecular weight is 436 g/mol. The number of nitrogens with zero attached hydrogens (tertiary/aromatic N) is 1. The van der Waals surface area contributed by atoms with Crippen molar-refractivity contribution in [2.45, 2.75) is 30.2 Å². The lowest BCUT2D eigenvalue weighted by molar-refractivity contribution is -0.124. The fourth-order valence-electron chi connectivity index (χ4n) is 3.14. The summed E-state index contributed by atoms with van der Waals surface area (Å²) >= 11 is 5.88. The summed E-state index contributed by atoms with van der Waals surface area (Å²) in [7, 11) is -4.05. The maximum Gasteiger partial charge on any atom is 0.252 e. The predicted octanol–water partition coefficient (Wildman–Crippen LogP) is 2.39. The first-order valence-electron chi connectivity index (χ1n) is 9.28. The van der Waals surface area contributed by atoms with Gasteiger partial charge in [-0.15, -0.1) is 0 Å². The Bertz CT molecular complexity index is 965. The predicted molar refractivity (Wildman–Crippen MR) is 110 cm³/mol. The van der Waals surface area contributed by atoms with E-state index < -0.39 is 22.0 Å². The molecule has 2 amide bonds. The normalized spacial score (nSPS) is 17.4. The van der Waals surface area contributed by atoms with Crippen LogP contribution in [0.25, 0.3) is 0 Å². The van der Waals surface area contributed by atoms with E-state index in [0.717, 1.165) is 10.7 Å². The minimum absolute atomic E-state index is 0.00732. The number of carbonyl (C=O) groups excluding carboxylic acids is 2. The van der Waals surface area contributed by atoms with Crippen LogP contribution in [-0.2, 0) is 14.8 Å². The van der Waals surface area contributed by atoms with Crippen molar-refractivity contribution in [1.82, 2.24) is 14.9 Å². The molecule has 0 radical (unpaired) electrons. The Balaban J connectivity index is 1.89. The maximum absolute atomic E-state index is 13.3. The van der Waals surface area contributed by atoms with E-state index in [2.05, 4.69) is 10.6 Å². The van der Waals surface area contributed by atoms with E-state index in [1.165, 1.54) is 24.3 Å². The van der Waals surface area contributed by atoms with Crippen LogP contribution < -0.4 is 10.6 Å². The lowest BCUT2D eigenvalue weighted by Gasteiger charge is -2.29. The van der Waals surface area contributed by atoms with Crippen molar-refractivity contribution in [2.75, 3.05) is 13.2 Å². The van der Waals surface area contributed by atoms with Gasteiger partial charge in [0.05, 0.1) is 11.6 Å². The molecule has 1 aliphatic heterocycles. The van der Waals surface area contributed by atoms with E-state index in [9.17, 15) is 18.0 Å². The molecule has 2 aromatic rings. The van der Waals surface area contributed by atoms with Gasteiger partial charge in [-0.2, -0.15) is 4.31 Å². The summed E-state index contributed by atoms with van der Waals surface area (Å²) in [6, 6.07) is 13.3. The molecule has 0 spiro atoms. The van der Waals surface area contributed by atoms with Gasteiger partial charge in [0.2, 0.25) is 15.9 Å². The first-order chi connectivity index (χ1) is 13.9. The minimum atomic E-state index is -4.05. The number of hydrogen-bond acceptors (Lipinski definition) is 4. The highest BCUT2D eigenvalue weighted by Crippen LogP contribution is 2.23. The number of amides is 2. The van der Waals surface area contributed by atoms with Crippen molar-refractivity contribution in [2.24, 2.45) is 0 Å². The van der Waals surface area contributed by atoms with E-state index in [1.807, 2.05) is 0 Å². The molecule has 1 atom stereocenters. The highest BCUT2D eigenvalue weighted by molar-refractivity contribution is 7.89. The van der Waals surface area contributed by atoms with Gasteiger partial charge in [0, 0.05) is 17.1 Å². The van der Waals surface area contributed by atoms with E-state index >= 15 is 0 Å². The molecular formula is C20H22ClN3O4S. The van der Waals surface area contributed by atoms with Crippen molar-refractivity contribution >= 4 is 33.4 Å². The van der Waals surface area contributed by atoms with Crippen LogP contribution in [0.4, 0.5) is 0 Å². The maximum atomic E-state index is 13.3.